The highest BCUT2D eigenvalue weighted by Gasteiger charge is 2.01. The molecular weight excluding hydrogens is 198 g/mol. The van der Waals surface area contributed by atoms with E-state index in [4.69, 9.17) is 4.74 Å². The third kappa shape index (κ3) is 2.96. The average Bonchev–Trinajstić information content (AvgIpc) is 2.16. The second-order valence-corrected chi connectivity index (χ2v) is 3.66. The topological polar surface area (TPSA) is 38.3 Å². The maximum Gasteiger partial charge on any atom is 0.221 e. The van der Waals surface area contributed by atoms with Gasteiger partial charge in [0.05, 0.1) is 7.11 Å². The molecule has 0 bridgehead atoms. The van der Waals surface area contributed by atoms with Crippen LogP contribution >= 0.6 is 11.8 Å². The lowest BCUT2D eigenvalue weighted by Crippen LogP contribution is -2.05. The van der Waals surface area contributed by atoms with Gasteiger partial charge in [0.2, 0.25) is 5.91 Å². The molecule has 0 saturated heterocycles. The number of ether oxygens (including phenoxy) is 1. The van der Waals surface area contributed by atoms with Crippen LogP contribution in [-0.4, -0.2) is 19.3 Å². The summed E-state index contributed by atoms with van der Waals surface area (Å²) in [6.07, 6.45) is 1.98. The summed E-state index contributed by atoms with van der Waals surface area (Å²) < 4.78 is 5.11. The minimum atomic E-state index is -0.0784. The second-order valence-electron chi connectivity index (χ2n) is 2.78. The van der Waals surface area contributed by atoms with Crippen molar-refractivity contribution in [2.45, 2.75) is 11.8 Å². The molecule has 0 heterocycles. The Morgan fingerprint density at radius 2 is 2.14 bits per heavy atom. The van der Waals surface area contributed by atoms with Crippen molar-refractivity contribution in [2.24, 2.45) is 0 Å². The van der Waals surface area contributed by atoms with E-state index in [-0.39, 0.29) is 5.91 Å². The van der Waals surface area contributed by atoms with Gasteiger partial charge in [0, 0.05) is 23.6 Å². The highest BCUT2D eigenvalue weighted by atomic mass is 32.2. The van der Waals surface area contributed by atoms with Crippen molar-refractivity contribution in [1.29, 1.82) is 0 Å². The Morgan fingerprint density at radius 1 is 1.43 bits per heavy atom. The maximum absolute atomic E-state index is 10.9. The molecule has 76 valence electrons. The molecule has 0 aromatic heterocycles. The van der Waals surface area contributed by atoms with Crippen LogP contribution in [-0.2, 0) is 4.79 Å². The molecule has 1 amide bonds. The zero-order chi connectivity index (χ0) is 10.6. The molecule has 0 radical (unpaired) electrons. The van der Waals surface area contributed by atoms with Gasteiger partial charge in [-0.25, -0.2) is 0 Å². The predicted molar refractivity (Wildman–Crippen MR) is 59.1 cm³/mol. The van der Waals surface area contributed by atoms with E-state index in [1.54, 1.807) is 24.9 Å². The Bertz CT molecular complexity index is 317. The molecule has 3 nitrogen and oxygen atoms in total. The standard InChI is InChI=1S/C10H13NO2S/c1-7(12)11-8-4-9(13-2)6-10(5-8)14-3/h4-6H,1-3H3,(H,11,12). The maximum atomic E-state index is 10.9. The summed E-state index contributed by atoms with van der Waals surface area (Å²) in [5.41, 5.74) is 0.765. The molecule has 0 atom stereocenters. The largest absolute Gasteiger partial charge is 0.497 e. The lowest BCUT2D eigenvalue weighted by molar-refractivity contribution is -0.114. The molecule has 0 fully saturated rings. The van der Waals surface area contributed by atoms with Crippen molar-refractivity contribution in [3.63, 3.8) is 0 Å². The molecule has 14 heavy (non-hydrogen) atoms. The fraction of sp³-hybridized carbons (Fsp3) is 0.300. The number of amides is 1. The van der Waals surface area contributed by atoms with Gasteiger partial charge in [-0.2, -0.15) is 0 Å². The van der Waals surface area contributed by atoms with Crippen LogP contribution in [0.5, 0.6) is 5.75 Å². The summed E-state index contributed by atoms with van der Waals surface area (Å²) in [6.45, 7) is 1.48. The predicted octanol–water partition coefficient (Wildman–Crippen LogP) is 2.38. The molecule has 1 rings (SSSR count). The summed E-state index contributed by atoms with van der Waals surface area (Å²) in [5, 5.41) is 2.72. The fourth-order valence-electron chi connectivity index (χ4n) is 1.08. The van der Waals surface area contributed by atoms with Crippen LogP contribution in [0.3, 0.4) is 0 Å². The van der Waals surface area contributed by atoms with Crippen molar-refractivity contribution >= 4 is 23.4 Å². The first-order valence-electron chi connectivity index (χ1n) is 4.16. The zero-order valence-electron chi connectivity index (χ0n) is 8.46. The van der Waals surface area contributed by atoms with E-state index in [1.165, 1.54) is 6.92 Å². The lowest BCUT2D eigenvalue weighted by Gasteiger charge is -2.07. The van der Waals surface area contributed by atoms with E-state index in [9.17, 15) is 4.79 Å². The van der Waals surface area contributed by atoms with Crippen LogP contribution in [0.2, 0.25) is 0 Å². The van der Waals surface area contributed by atoms with Crippen LogP contribution in [0.1, 0.15) is 6.92 Å². The van der Waals surface area contributed by atoms with Crippen LogP contribution in [0.4, 0.5) is 5.69 Å². The average molecular weight is 211 g/mol. The molecule has 1 N–H and O–H groups in total. The van der Waals surface area contributed by atoms with Gasteiger partial charge in [0.15, 0.2) is 0 Å². The number of thioether (sulfide) groups is 1. The van der Waals surface area contributed by atoms with Crippen LogP contribution in [0.15, 0.2) is 23.1 Å². The summed E-state index contributed by atoms with van der Waals surface area (Å²) in [4.78, 5) is 11.9. The third-order valence-corrected chi connectivity index (χ3v) is 2.38. The number of methoxy groups -OCH3 is 1. The first kappa shape index (κ1) is 10.9. The van der Waals surface area contributed by atoms with E-state index >= 15 is 0 Å². The van der Waals surface area contributed by atoms with Gasteiger partial charge in [0.25, 0.3) is 0 Å². The normalized spacial score (nSPS) is 9.64. The van der Waals surface area contributed by atoms with Crippen LogP contribution in [0.25, 0.3) is 0 Å². The number of hydrogen-bond donors (Lipinski definition) is 1. The molecule has 4 heteroatoms. The number of benzene rings is 1. The van der Waals surface area contributed by atoms with E-state index in [0.29, 0.717) is 0 Å². The second kappa shape index (κ2) is 4.91. The highest BCUT2D eigenvalue weighted by molar-refractivity contribution is 7.98. The molecule has 0 unspecified atom stereocenters. The molecule has 0 aliphatic carbocycles. The van der Waals surface area contributed by atoms with Gasteiger partial charge in [-0.1, -0.05) is 0 Å². The summed E-state index contributed by atoms with van der Waals surface area (Å²) >= 11 is 1.61. The number of carbonyl (C=O) groups excluding carboxylic acids is 1. The van der Waals surface area contributed by atoms with Crippen molar-refractivity contribution in [3.05, 3.63) is 18.2 Å². The van der Waals surface area contributed by atoms with Gasteiger partial charge >= 0.3 is 0 Å². The van der Waals surface area contributed by atoms with E-state index < -0.39 is 0 Å². The van der Waals surface area contributed by atoms with Gasteiger partial charge in [-0.15, -0.1) is 11.8 Å². The lowest BCUT2D eigenvalue weighted by atomic mass is 10.3. The first-order chi connectivity index (χ1) is 6.65. The number of nitrogens with one attached hydrogen (secondary N) is 1. The van der Waals surface area contributed by atoms with Crippen molar-refractivity contribution in [1.82, 2.24) is 0 Å². The summed E-state index contributed by atoms with van der Waals surface area (Å²) in [5.74, 6) is 0.672. The van der Waals surface area contributed by atoms with Crippen LogP contribution in [0, 0.1) is 0 Å². The van der Waals surface area contributed by atoms with Crippen LogP contribution < -0.4 is 10.1 Å². The van der Waals surface area contributed by atoms with E-state index in [0.717, 1.165) is 16.3 Å². The minimum Gasteiger partial charge on any atom is -0.497 e. The fourth-order valence-corrected chi connectivity index (χ4v) is 1.56. The SMILES string of the molecule is COc1cc(NC(C)=O)cc(SC)c1. The Labute approximate surface area is 87.8 Å². The van der Waals surface area contributed by atoms with Gasteiger partial charge in [-0.05, 0) is 18.4 Å². The van der Waals surface area contributed by atoms with Gasteiger partial charge in [-0.3, -0.25) is 4.79 Å². The Hall–Kier alpha value is -1.16. The number of anilines is 1. The highest BCUT2D eigenvalue weighted by Crippen LogP contribution is 2.26. The number of hydrogen-bond acceptors (Lipinski definition) is 3. The van der Waals surface area contributed by atoms with Gasteiger partial charge in [0.1, 0.15) is 5.75 Å². The monoisotopic (exact) mass is 211 g/mol. The molecule has 1 aromatic rings. The molecule has 1 aromatic carbocycles. The Kier molecular flexibility index (Phi) is 3.83. The number of rotatable bonds is 3. The van der Waals surface area contributed by atoms with Crippen molar-refractivity contribution < 1.29 is 9.53 Å². The quantitative estimate of drug-likeness (QED) is 0.780. The molecular formula is C10H13NO2S. The molecule has 0 saturated carbocycles. The van der Waals surface area contributed by atoms with E-state index in [2.05, 4.69) is 5.32 Å². The molecule has 0 aliphatic heterocycles. The third-order valence-electron chi connectivity index (χ3n) is 1.67. The number of carbonyl (C=O) groups is 1. The van der Waals surface area contributed by atoms with Crippen molar-refractivity contribution in [2.75, 3.05) is 18.7 Å². The smallest absolute Gasteiger partial charge is 0.221 e. The Morgan fingerprint density at radius 3 is 2.64 bits per heavy atom. The molecule has 0 aliphatic rings. The zero-order valence-corrected chi connectivity index (χ0v) is 9.27. The summed E-state index contributed by atoms with van der Waals surface area (Å²) in [6, 6.07) is 5.63. The van der Waals surface area contributed by atoms with E-state index in [1.807, 2.05) is 18.4 Å². The summed E-state index contributed by atoms with van der Waals surface area (Å²) in [7, 11) is 1.61. The van der Waals surface area contributed by atoms with Gasteiger partial charge < -0.3 is 10.1 Å². The molecule has 0 spiro atoms. The minimum absolute atomic E-state index is 0.0784. The first-order valence-corrected chi connectivity index (χ1v) is 5.39. The van der Waals surface area contributed by atoms with Crippen molar-refractivity contribution in [3.8, 4) is 5.75 Å². The Balaban J connectivity index is 2.98.